The van der Waals surface area contributed by atoms with Crippen LogP contribution in [0.3, 0.4) is 0 Å². The molecule has 22 heavy (non-hydrogen) atoms. The second-order valence-corrected chi connectivity index (χ2v) is 6.44. The highest BCUT2D eigenvalue weighted by atomic mass is 19.1. The quantitative estimate of drug-likeness (QED) is 0.821. The van der Waals surface area contributed by atoms with Gasteiger partial charge in [0, 0.05) is 19.6 Å². The second-order valence-electron chi connectivity index (χ2n) is 6.44. The van der Waals surface area contributed by atoms with Crippen molar-refractivity contribution in [1.29, 1.82) is 0 Å². The van der Waals surface area contributed by atoms with Crippen LogP contribution in [-0.2, 0) is 4.79 Å². The van der Waals surface area contributed by atoms with E-state index in [0.29, 0.717) is 24.8 Å². The van der Waals surface area contributed by atoms with Crippen LogP contribution in [0.5, 0.6) is 5.75 Å². The van der Waals surface area contributed by atoms with Gasteiger partial charge in [-0.3, -0.25) is 4.79 Å². The predicted molar refractivity (Wildman–Crippen MR) is 80.4 cm³/mol. The Morgan fingerprint density at radius 3 is 2.86 bits per heavy atom. The van der Waals surface area contributed by atoms with Gasteiger partial charge in [-0.25, -0.2) is 4.39 Å². The van der Waals surface area contributed by atoms with Crippen molar-refractivity contribution < 1.29 is 19.0 Å². The van der Waals surface area contributed by atoms with Crippen molar-refractivity contribution in [3.63, 3.8) is 0 Å². The lowest BCUT2D eigenvalue weighted by molar-refractivity contribution is -0.149. The van der Waals surface area contributed by atoms with Crippen LogP contribution in [0.2, 0.25) is 0 Å². The molecule has 1 saturated carbocycles. The fourth-order valence-corrected chi connectivity index (χ4v) is 3.92. The Hall–Kier alpha value is -1.62. The van der Waals surface area contributed by atoms with Crippen molar-refractivity contribution in [2.75, 3.05) is 26.2 Å². The first kappa shape index (κ1) is 15.3. The molecule has 1 aliphatic carbocycles. The summed E-state index contributed by atoms with van der Waals surface area (Å²) >= 11 is 0. The zero-order valence-corrected chi connectivity index (χ0v) is 12.6. The third-order valence-corrected chi connectivity index (χ3v) is 5.07. The van der Waals surface area contributed by atoms with Crippen molar-refractivity contribution >= 4 is 5.97 Å². The molecule has 2 aliphatic rings. The molecule has 0 amide bonds. The summed E-state index contributed by atoms with van der Waals surface area (Å²) in [6.07, 6.45) is 3.74. The van der Waals surface area contributed by atoms with E-state index in [2.05, 4.69) is 4.90 Å². The average Bonchev–Trinajstić information content (AvgIpc) is 3.03. The van der Waals surface area contributed by atoms with Gasteiger partial charge in [0.2, 0.25) is 0 Å². The first-order valence-electron chi connectivity index (χ1n) is 7.94. The van der Waals surface area contributed by atoms with Crippen LogP contribution in [0, 0.1) is 17.2 Å². The number of hydrogen-bond donors (Lipinski definition) is 1. The van der Waals surface area contributed by atoms with E-state index in [1.165, 1.54) is 12.1 Å². The first-order chi connectivity index (χ1) is 10.6. The summed E-state index contributed by atoms with van der Waals surface area (Å²) in [6, 6.07) is 6.01. The number of carboxylic acid groups (broad SMARTS) is 1. The number of benzene rings is 1. The molecule has 4 nitrogen and oxygen atoms in total. The van der Waals surface area contributed by atoms with Gasteiger partial charge in [-0.15, -0.1) is 0 Å². The zero-order chi connectivity index (χ0) is 15.6. The lowest BCUT2D eigenvalue weighted by Gasteiger charge is -2.23. The summed E-state index contributed by atoms with van der Waals surface area (Å²) in [5.41, 5.74) is -0.502. The molecule has 0 unspecified atom stereocenters. The van der Waals surface area contributed by atoms with E-state index in [9.17, 15) is 14.3 Å². The van der Waals surface area contributed by atoms with Gasteiger partial charge in [0.25, 0.3) is 0 Å². The number of likely N-dealkylation sites (tertiary alicyclic amines) is 1. The van der Waals surface area contributed by atoms with Gasteiger partial charge in [-0.2, -0.15) is 0 Å². The Bertz CT molecular complexity index is 533. The summed E-state index contributed by atoms with van der Waals surface area (Å²) in [5.74, 6) is 0.0831. The van der Waals surface area contributed by atoms with Crippen molar-refractivity contribution in [3.8, 4) is 5.75 Å². The molecule has 1 heterocycles. The third-order valence-electron chi connectivity index (χ3n) is 5.07. The molecule has 0 aromatic heterocycles. The average molecular weight is 307 g/mol. The first-order valence-corrected chi connectivity index (χ1v) is 7.94. The summed E-state index contributed by atoms with van der Waals surface area (Å²) in [7, 11) is 0. The summed E-state index contributed by atoms with van der Waals surface area (Å²) in [5, 5.41) is 9.55. The maximum atomic E-state index is 12.8. The number of fused-ring (bicyclic) bond motifs is 1. The Kier molecular flexibility index (Phi) is 4.34. The smallest absolute Gasteiger partial charge is 0.311 e. The van der Waals surface area contributed by atoms with Gasteiger partial charge >= 0.3 is 5.97 Å². The molecule has 5 heteroatoms. The van der Waals surface area contributed by atoms with Gasteiger partial charge < -0.3 is 14.7 Å². The minimum absolute atomic E-state index is 0.269. The maximum Gasteiger partial charge on any atom is 0.311 e. The van der Waals surface area contributed by atoms with Crippen LogP contribution in [0.15, 0.2) is 24.3 Å². The van der Waals surface area contributed by atoms with Crippen molar-refractivity contribution in [2.24, 2.45) is 11.3 Å². The van der Waals surface area contributed by atoms with Crippen molar-refractivity contribution in [1.82, 2.24) is 4.90 Å². The van der Waals surface area contributed by atoms with Gasteiger partial charge in [-0.1, -0.05) is 6.42 Å². The lowest BCUT2D eigenvalue weighted by atomic mass is 9.81. The second kappa shape index (κ2) is 6.24. The number of rotatable bonds is 6. The molecular weight excluding hydrogens is 285 g/mol. The van der Waals surface area contributed by atoms with E-state index in [1.54, 1.807) is 12.1 Å². The van der Waals surface area contributed by atoms with Crippen LogP contribution in [0.25, 0.3) is 0 Å². The number of hydrogen-bond acceptors (Lipinski definition) is 3. The molecule has 1 saturated heterocycles. The van der Waals surface area contributed by atoms with Gasteiger partial charge in [0.05, 0.1) is 12.0 Å². The lowest BCUT2D eigenvalue weighted by Crippen LogP contribution is -2.36. The zero-order valence-electron chi connectivity index (χ0n) is 12.6. The van der Waals surface area contributed by atoms with Crippen LogP contribution < -0.4 is 4.74 Å². The highest BCUT2D eigenvalue weighted by Crippen LogP contribution is 2.48. The molecule has 0 bridgehead atoms. The highest BCUT2D eigenvalue weighted by Gasteiger charge is 2.54. The number of nitrogens with zero attached hydrogens (tertiary/aromatic N) is 1. The molecule has 1 N–H and O–H groups in total. The number of carbonyl (C=O) groups is 1. The standard InChI is InChI=1S/C17H22FNO3/c18-14-4-6-15(7-5-14)22-10-2-9-19-11-13-3-1-8-17(13,12-19)16(20)21/h4-7,13H,1-3,8-12H2,(H,20,21)/t13-,17+/m0/s1. The van der Waals surface area contributed by atoms with Crippen LogP contribution in [0.4, 0.5) is 4.39 Å². The van der Waals surface area contributed by atoms with Crippen LogP contribution in [0.1, 0.15) is 25.7 Å². The molecule has 120 valence electrons. The van der Waals surface area contributed by atoms with Crippen LogP contribution in [-0.4, -0.2) is 42.2 Å². The SMILES string of the molecule is O=C(O)[C@@]12CCC[C@H]1CN(CCCOc1ccc(F)cc1)C2. The number of halogens is 1. The number of aliphatic carboxylic acids is 1. The predicted octanol–water partition coefficient (Wildman–Crippen LogP) is 2.78. The molecule has 1 aromatic rings. The molecule has 1 aromatic carbocycles. The molecule has 2 fully saturated rings. The molecule has 0 spiro atoms. The largest absolute Gasteiger partial charge is 0.494 e. The fraction of sp³-hybridized carbons (Fsp3) is 0.588. The van der Waals surface area contributed by atoms with E-state index in [-0.39, 0.29) is 5.82 Å². The summed E-state index contributed by atoms with van der Waals surface area (Å²) in [4.78, 5) is 13.9. The van der Waals surface area contributed by atoms with E-state index in [1.807, 2.05) is 0 Å². The molecule has 3 rings (SSSR count). The van der Waals surface area contributed by atoms with E-state index in [4.69, 9.17) is 4.74 Å². The number of carboxylic acids is 1. The Morgan fingerprint density at radius 1 is 1.41 bits per heavy atom. The van der Waals surface area contributed by atoms with E-state index < -0.39 is 11.4 Å². The topological polar surface area (TPSA) is 49.8 Å². The van der Waals surface area contributed by atoms with Gasteiger partial charge in [0.1, 0.15) is 11.6 Å². The molecular formula is C17H22FNO3. The third kappa shape index (κ3) is 2.95. The Labute approximate surface area is 129 Å². The summed E-state index contributed by atoms with van der Waals surface area (Å²) in [6.45, 7) is 2.98. The van der Waals surface area contributed by atoms with E-state index in [0.717, 1.165) is 38.8 Å². The van der Waals surface area contributed by atoms with Crippen LogP contribution >= 0.6 is 0 Å². The molecule has 1 aliphatic heterocycles. The molecule has 0 radical (unpaired) electrons. The monoisotopic (exact) mass is 307 g/mol. The Balaban J connectivity index is 1.43. The Morgan fingerprint density at radius 2 is 2.18 bits per heavy atom. The number of ether oxygens (including phenoxy) is 1. The summed E-state index contributed by atoms with van der Waals surface area (Å²) < 4.78 is 18.4. The van der Waals surface area contributed by atoms with Gasteiger partial charge in [0.15, 0.2) is 0 Å². The van der Waals surface area contributed by atoms with Gasteiger partial charge in [-0.05, 0) is 49.4 Å². The molecule has 2 atom stereocenters. The van der Waals surface area contributed by atoms with Crippen molar-refractivity contribution in [3.05, 3.63) is 30.1 Å². The highest BCUT2D eigenvalue weighted by molar-refractivity contribution is 5.76. The minimum atomic E-state index is -0.625. The van der Waals surface area contributed by atoms with E-state index >= 15 is 0 Å². The minimum Gasteiger partial charge on any atom is -0.494 e. The maximum absolute atomic E-state index is 12.8. The normalized spacial score (nSPS) is 27.8. The fourth-order valence-electron chi connectivity index (χ4n) is 3.92. The van der Waals surface area contributed by atoms with Crippen molar-refractivity contribution in [2.45, 2.75) is 25.7 Å².